The number of fused-ring (bicyclic) bond motifs is 2. The van der Waals surface area contributed by atoms with E-state index in [9.17, 15) is 9.90 Å². The third-order valence-electron chi connectivity index (χ3n) is 5.74. The van der Waals surface area contributed by atoms with Crippen LogP contribution in [0.15, 0.2) is 66.7 Å². The smallest absolute Gasteiger partial charge is 0.268 e. The number of para-hydroxylation sites is 1. The fraction of sp³-hybridized carbons (Fsp3) is 0.125. The van der Waals surface area contributed by atoms with Crippen LogP contribution in [0.5, 0.6) is 0 Å². The van der Waals surface area contributed by atoms with Gasteiger partial charge in [0.15, 0.2) is 5.60 Å². The first-order valence-corrected chi connectivity index (χ1v) is 10.3. The summed E-state index contributed by atoms with van der Waals surface area (Å²) in [5, 5.41) is 13.8. The number of rotatable bonds is 3. The van der Waals surface area contributed by atoms with E-state index >= 15 is 0 Å². The van der Waals surface area contributed by atoms with E-state index in [-0.39, 0.29) is 6.54 Å². The summed E-state index contributed by atoms with van der Waals surface area (Å²) in [5.41, 5.74) is 2.18. The van der Waals surface area contributed by atoms with Gasteiger partial charge in [0.2, 0.25) is 0 Å². The first kappa shape index (κ1) is 19.2. The van der Waals surface area contributed by atoms with Gasteiger partial charge in [-0.15, -0.1) is 0 Å². The van der Waals surface area contributed by atoms with Crippen LogP contribution in [0.1, 0.15) is 22.4 Å². The number of benzene rings is 3. The van der Waals surface area contributed by atoms with Crippen LogP contribution >= 0.6 is 23.2 Å². The van der Waals surface area contributed by atoms with Crippen LogP contribution in [0.4, 0.5) is 5.69 Å². The molecule has 1 aromatic heterocycles. The maximum absolute atomic E-state index is 13.8. The van der Waals surface area contributed by atoms with Gasteiger partial charge in [-0.1, -0.05) is 59.6 Å². The van der Waals surface area contributed by atoms with E-state index in [1.54, 1.807) is 29.2 Å². The van der Waals surface area contributed by atoms with Gasteiger partial charge in [-0.25, -0.2) is 0 Å². The number of aromatic amines is 1. The maximum Gasteiger partial charge on any atom is 0.268 e. The van der Waals surface area contributed by atoms with Gasteiger partial charge in [-0.2, -0.15) is 0 Å². The third-order valence-corrected chi connectivity index (χ3v) is 6.34. The minimum absolute atomic E-state index is 0.247. The molecule has 5 rings (SSSR count). The highest BCUT2D eigenvalue weighted by atomic mass is 35.5. The van der Waals surface area contributed by atoms with Crippen LogP contribution in [-0.2, 0) is 16.9 Å². The number of carbonyl (C=O) groups excluding carboxylic acids is 1. The second-order valence-corrected chi connectivity index (χ2v) is 8.37. The van der Waals surface area contributed by atoms with Crippen LogP contribution in [-0.4, -0.2) is 16.0 Å². The number of aryl methyl sites for hydroxylation is 1. The lowest BCUT2D eigenvalue weighted by Crippen LogP contribution is -2.41. The number of aliphatic hydroxyl groups is 1. The van der Waals surface area contributed by atoms with E-state index in [2.05, 4.69) is 4.98 Å². The Bertz CT molecular complexity index is 1310. The molecule has 4 aromatic rings. The molecule has 0 spiro atoms. The molecule has 1 atom stereocenters. The van der Waals surface area contributed by atoms with Crippen molar-refractivity contribution >= 4 is 45.7 Å². The summed E-state index contributed by atoms with van der Waals surface area (Å²) in [6, 6.07) is 20.2. The molecule has 3 aromatic carbocycles. The van der Waals surface area contributed by atoms with Crippen molar-refractivity contribution in [2.45, 2.75) is 19.1 Å². The predicted octanol–water partition coefficient (Wildman–Crippen LogP) is 5.57. The molecule has 1 aliphatic heterocycles. The first-order chi connectivity index (χ1) is 14.4. The average Bonchev–Trinajstić information content (AvgIpc) is 3.17. The van der Waals surface area contributed by atoms with Crippen LogP contribution in [0.25, 0.3) is 10.9 Å². The van der Waals surface area contributed by atoms with E-state index in [0.29, 0.717) is 26.9 Å². The highest BCUT2D eigenvalue weighted by Crippen LogP contribution is 2.48. The van der Waals surface area contributed by atoms with Crippen molar-refractivity contribution in [3.8, 4) is 0 Å². The number of halogens is 2. The van der Waals surface area contributed by atoms with Gasteiger partial charge in [-0.05, 0) is 42.8 Å². The monoisotopic (exact) mass is 436 g/mol. The van der Waals surface area contributed by atoms with Crippen molar-refractivity contribution < 1.29 is 9.90 Å². The summed E-state index contributed by atoms with van der Waals surface area (Å²) < 4.78 is 0. The first-order valence-electron chi connectivity index (χ1n) is 9.57. The molecule has 1 amide bonds. The van der Waals surface area contributed by atoms with Crippen LogP contribution < -0.4 is 4.90 Å². The summed E-state index contributed by atoms with van der Waals surface area (Å²) in [6.45, 7) is 2.11. The van der Waals surface area contributed by atoms with E-state index in [1.165, 1.54) is 0 Å². The van der Waals surface area contributed by atoms with Crippen molar-refractivity contribution in [2.24, 2.45) is 0 Å². The lowest BCUT2D eigenvalue weighted by Gasteiger charge is -2.24. The van der Waals surface area contributed by atoms with Gasteiger partial charge >= 0.3 is 0 Å². The summed E-state index contributed by atoms with van der Waals surface area (Å²) in [6.07, 6.45) is 0. The zero-order chi connectivity index (χ0) is 21.0. The highest BCUT2D eigenvalue weighted by Gasteiger charge is 2.53. The van der Waals surface area contributed by atoms with Crippen LogP contribution in [0, 0.1) is 6.92 Å². The van der Waals surface area contributed by atoms with E-state index in [0.717, 1.165) is 22.2 Å². The number of H-pyrrole nitrogens is 1. The molecule has 0 bridgehead atoms. The molecule has 2 N–H and O–H groups in total. The number of amides is 1. The summed E-state index contributed by atoms with van der Waals surface area (Å²) >= 11 is 12.6. The van der Waals surface area contributed by atoms with Crippen LogP contribution in [0.3, 0.4) is 0 Å². The molecule has 2 heterocycles. The quantitative estimate of drug-likeness (QED) is 0.441. The second kappa shape index (κ2) is 6.88. The molecule has 1 aliphatic rings. The Labute approximate surface area is 183 Å². The second-order valence-electron chi connectivity index (χ2n) is 7.53. The highest BCUT2D eigenvalue weighted by molar-refractivity contribution is 6.31. The van der Waals surface area contributed by atoms with Crippen molar-refractivity contribution in [1.82, 2.24) is 4.98 Å². The van der Waals surface area contributed by atoms with Crippen molar-refractivity contribution in [1.29, 1.82) is 0 Å². The molecular weight excluding hydrogens is 419 g/mol. The Morgan fingerprint density at radius 2 is 1.77 bits per heavy atom. The number of hydrogen-bond acceptors (Lipinski definition) is 2. The number of aromatic nitrogens is 1. The number of carbonyl (C=O) groups is 1. The fourth-order valence-electron chi connectivity index (χ4n) is 4.39. The molecule has 0 saturated heterocycles. The number of hydrogen-bond donors (Lipinski definition) is 2. The van der Waals surface area contributed by atoms with Crippen molar-refractivity contribution in [3.63, 3.8) is 0 Å². The SMILES string of the molecule is Cc1[nH]c2ccccc2c1[C@]1(O)C(=O)N(Cc2ccccc2Cl)c2ccc(Cl)cc21. The molecule has 0 unspecified atom stereocenters. The summed E-state index contributed by atoms with van der Waals surface area (Å²) in [5.74, 6) is -0.424. The predicted molar refractivity (Wildman–Crippen MR) is 120 cm³/mol. The molecule has 4 nitrogen and oxygen atoms in total. The van der Waals surface area contributed by atoms with Crippen molar-refractivity contribution in [2.75, 3.05) is 4.90 Å². The molecule has 0 fully saturated rings. The fourth-order valence-corrected chi connectivity index (χ4v) is 4.76. The average molecular weight is 437 g/mol. The lowest BCUT2D eigenvalue weighted by molar-refractivity contribution is -0.132. The maximum atomic E-state index is 13.8. The van der Waals surface area contributed by atoms with Crippen LogP contribution in [0.2, 0.25) is 10.0 Å². The molecule has 6 heteroatoms. The van der Waals surface area contributed by atoms with Gasteiger partial charge in [0.25, 0.3) is 5.91 Å². The topological polar surface area (TPSA) is 56.3 Å². The Balaban J connectivity index is 1.74. The standard InChI is InChI=1S/C24H18Cl2N2O2/c1-14-22(17-7-3-5-9-20(17)27-14)24(30)18-12-16(25)10-11-21(18)28(23(24)29)13-15-6-2-4-8-19(15)26/h2-12,27,30H,13H2,1H3/t24-/m0/s1. The normalized spacial score (nSPS) is 18.3. The minimum atomic E-state index is -1.86. The Hall–Kier alpha value is -2.79. The Kier molecular flexibility index (Phi) is 4.40. The molecule has 30 heavy (non-hydrogen) atoms. The van der Waals surface area contributed by atoms with Gasteiger partial charge < -0.3 is 15.0 Å². The van der Waals surface area contributed by atoms with Gasteiger partial charge in [-0.3, -0.25) is 4.79 Å². The summed E-state index contributed by atoms with van der Waals surface area (Å²) in [7, 11) is 0. The zero-order valence-corrected chi connectivity index (χ0v) is 17.6. The molecule has 0 saturated carbocycles. The van der Waals surface area contributed by atoms with E-state index in [4.69, 9.17) is 23.2 Å². The summed E-state index contributed by atoms with van der Waals surface area (Å²) in [4.78, 5) is 18.6. The van der Waals surface area contributed by atoms with Gasteiger partial charge in [0.1, 0.15) is 0 Å². The third kappa shape index (κ3) is 2.68. The lowest BCUT2D eigenvalue weighted by atomic mass is 9.85. The molecular formula is C24H18Cl2N2O2. The van der Waals surface area contributed by atoms with Gasteiger partial charge in [0, 0.05) is 37.8 Å². The molecule has 0 aliphatic carbocycles. The van der Waals surface area contributed by atoms with E-state index in [1.807, 2.05) is 49.4 Å². The largest absolute Gasteiger partial charge is 0.372 e. The Morgan fingerprint density at radius 3 is 2.57 bits per heavy atom. The molecule has 150 valence electrons. The number of anilines is 1. The van der Waals surface area contributed by atoms with E-state index < -0.39 is 11.5 Å². The Morgan fingerprint density at radius 1 is 1.03 bits per heavy atom. The number of nitrogens with one attached hydrogen (secondary N) is 1. The molecule has 0 radical (unpaired) electrons. The van der Waals surface area contributed by atoms with Gasteiger partial charge in [0.05, 0.1) is 12.2 Å². The van der Waals surface area contributed by atoms with Crippen molar-refractivity contribution in [3.05, 3.63) is 99.2 Å². The number of nitrogens with zero attached hydrogens (tertiary/aromatic N) is 1. The minimum Gasteiger partial charge on any atom is -0.372 e. The zero-order valence-electron chi connectivity index (χ0n) is 16.1.